The molecule has 1 saturated carbocycles. The van der Waals surface area contributed by atoms with Gasteiger partial charge in [0.15, 0.2) is 5.82 Å². The van der Waals surface area contributed by atoms with Crippen LogP contribution in [-0.4, -0.2) is 15.7 Å². The van der Waals surface area contributed by atoms with Crippen molar-refractivity contribution < 1.29 is 8.91 Å². The summed E-state index contributed by atoms with van der Waals surface area (Å²) in [7, 11) is 0. The number of halogens is 1. The van der Waals surface area contributed by atoms with Gasteiger partial charge in [0, 0.05) is 16.9 Å². The molecule has 1 heterocycles. The summed E-state index contributed by atoms with van der Waals surface area (Å²) < 4.78 is 18.8. The summed E-state index contributed by atoms with van der Waals surface area (Å²) in [5.74, 6) is 1.43. The molecule has 3 rings (SSSR count). The zero-order chi connectivity index (χ0) is 14.7. The van der Waals surface area contributed by atoms with Crippen LogP contribution in [0.5, 0.6) is 0 Å². The fraction of sp³-hybridized carbons (Fsp3) is 0.467. The van der Waals surface area contributed by atoms with Crippen molar-refractivity contribution in [2.75, 3.05) is 0 Å². The summed E-state index contributed by atoms with van der Waals surface area (Å²) in [6.45, 7) is 0. The molecule has 1 aromatic carbocycles. The molecule has 0 bridgehead atoms. The molecule has 1 aromatic heterocycles. The van der Waals surface area contributed by atoms with Gasteiger partial charge in [-0.3, -0.25) is 0 Å². The van der Waals surface area contributed by atoms with E-state index in [1.54, 1.807) is 12.1 Å². The molecule has 2 N–H and O–H groups in total. The first-order valence-corrected chi connectivity index (χ1v) is 8.11. The number of nitrogens with zero attached hydrogens (tertiary/aromatic N) is 2. The third kappa shape index (κ3) is 3.63. The van der Waals surface area contributed by atoms with Crippen LogP contribution in [-0.2, 0) is 12.2 Å². The second-order valence-corrected chi connectivity index (χ2v) is 6.59. The van der Waals surface area contributed by atoms with Crippen LogP contribution >= 0.6 is 11.8 Å². The van der Waals surface area contributed by atoms with E-state index in [0.29, 0.717) is 28.8 Å². The van der Waals surface area contributed by atoms with Gasteiger partial charge in [0.2, 0.25) is 5.89 Å². The summed E-state index contributed by atoms with van der Waals surface area (Å²) in [5.41, 5.74) is 6.11. The smallest absolute Gasteiger partial charge is 0.228 e. The Balaban J connectivity index is 1.59. The Hall–Kier alpha value is -1.40. The lowest BCUT2D eigenvalue weighted by Crippen LogP contribution is -2.38. The molecule has 0 spiro atoms. The molecule has 0 aliphatic heterocycles. The van der Waals surface area contributed by atoms with Crippen LogP contribution in [0.3, 0.4) is 0 Å². The lowest BCUT2D eigenvalue weighted by molar-refractivity contribution is 0.327. The van der Waals surface area contributed by atoms with Crippen molar-refractivity contribution >= 4 is 11.8 Å². The van der Waals surface area contributed by atoms with Crippen LogP contribution in [0.1, 0.15) is 37.4 Å². The topological polar surface area (TPSA) is 64.9 Å². The lowest BCUT2D eigenvalue weighted by Gasteiger charge is -2.20. The van der Waals surface area contributed by atoms with Crippen molar-refractivity contribution in [3.8, 4) is 0 Å². The Bertz CT molecular complexity index is 610. The van der Waals surface area contributed by atoms with Crippen LogP contribution < -0.4 is 5.73 Å². The quantitative estimate of drug-likeness (QED) is 0.858. The number of rotatable bonds is 5. The van der Waals surface area contributed by atoms with Gasteiger partial charge in [-0.15, -0.1) is 11.8 Å². The van der Waals surface area contributed by atoms with Gasteiger partial charge in [0.1, 0.15) is 5.82 Å². The van der Waals surface area contributed by atoms with E-state index in [9.17, 15) is 4.39 Å². The van der Waals surface area contributed by atoms with Crippen LogP contribution in [0.2, 0.25) is 0 Å². The number of thioether (sulfide) groups is 1. The minimum absolute atomic E-state index is 0.192. The van der Waals surface area contributed by atoms with Gasteiger partial charge in [-0.05, 0) is 25.0 Å². The fourth-order valence-corrected chi connectivity index (χ4v) is 3.46. The SMILES string of the molecule is NC1(Cc2nc(CSc3ccccc3F)no2)CCCC1. The number of nitrogens with two attached hydrogens (primary N) is 1. The Morgan fingerprint density at radius 1 is 1.29 bits per heavy atom. The van der Waals surface area contributed by atoms with E-state index in [2.05, 4.69) is 10.1 Å². The number of aromatic nitrogens is 2. The van der Waals surface area contributed by atoms with Crippen LogP contribution in [0.15, 0.2) is 33.7 Å². The molecule has 6 heteroatoms. The highest BCUT2D eigenvalue weighted by atomic mass is 32.2. The molecule has 21 heavy (non-hydrogen) atoms. The summed E-state index contributed by atoms with van der Waals surface area (Å²) >= 11 is 1.36. The molecule has 2 aromatic rings. The fourth-order valence-electron chi connectivity index (χ4n) is 2.68. The Morgan fingerprint density at radius 3 is 2.81 bits per heavy atom. The summed E-state index contributed by atoms with van der Waals surface area (Å²) in [6.07, 6.45) is 4.98. The zero-order valence-electron chi connectivity index (χ0n) is 11.7. The predicted molar refractivity (Wildman–Crippen MR) is 79.3 cm³/mol. The number of hydrogen-bond acceptors (Lipinski definition) is 5. The first kappa shape index (κ1) is 14.5. The molecular weight excluding hydrogens is 289 g/mol. The van der Waals surface area contributed by atoms with Crippen LogP contribution in [0.4, 0.5) is 4.39 Å². The largest absolute Gasteiger partial charge is 0.339 e. The van der Waals surface area contributed by atoms with Crippen LogP contribution in [0.25, 0.3) is 0 Å². The highest BCUT2D eigenvalue weighted by Crippen LogP contribution is 2.30. The van der Waals surface area contributed by atoms with Crippen molar-refractivity contribution in [2.24, 2.45) is 5.73 Å². The maximum absolute atomic E-state index is 13.5. The van der Waals surface area contributed by atoms with E-state index in [0.717, 1.165) is 12.8 Å². The normalized spacial score (nSPS) is 17.2. The maximum atomic E-state index is 13.5. The molecule has 0 atom stereocenters. The van der Waals surface area contributed by atoms with E-state index in [1.165, 1.54) is 30.7 Å². The van der Waals surface area contributed by atoms with E-state index in [-0.39, 0.29) is 11.4 Å². The van der Waals surface area contributed by atoms with Crippen molar-refractivity contribution in [3.05, 3.63) is 41.8 Å². The summed E-state index contributed by atoms with van der Waals surface area (Å²) in [6, 6.07) is 6.68. The Morgan fingerprint density at radius 2 is 2.05 bits per heavy atom. The highest BCUT2D eigenvalue weighted by Gasteiger charge is 2.31. The zero-order valence-corrected chi connectivity index (χ0v) is 12.5. The molecule has 0 unspecified atom stereocenters. The predicted octanol–water partition coefficient (Wildman–Crippen LogP) is 3.32. The second-order valence-electron chi connectivity index (χ2n) is 5.57. The van der Waals surface area contributed by atoms with Crippen LogP contribution in [0, 0.1) is 5.82 Å². The maximum Gasteiger partial charge on any atom is 0.228 e. The molecule has 112 valence electrons. The molecule has 0 amide bonds. The van der Waals surface area contributed by atoms with Gasteiger partial charge in [-0.1, -0.05) is 30.1 Å². The molecule has 1 aliphatic carbocycles. The van der Waals surface area contributed by atoms with Gasteiger partial charge in [0.05, 0.1) is 5.75 Å². The molecule has 0 saturated heterocycles. The van der Waals surface area contributed by atoms with E-state index in [1.807, 2.05) is 6.07 Å². The van der Waals surface area contributed by atoms with Gasteiger partial charge in [-0.25, -0.2) is 4.39 Å². The molecule has 0 radical (unpaired) electrons. The number of benzene rings is 1. The average molecular weight is 307 g/mol. The molecule has 1 fully saturated rings. The van der Waals surface area contributed by atoms with E-state index >= 15 is 0 Å². The minimum Gasteiger partial charge on any atom is -0.339 e. The third-order valence-corrected chi connectivity index (χ3v) is 4.85. The Labute approximate surface area is 127 Å². The van der Waals surface area contributed by atoms with Crippen molar-refractivity contribution in [3.63, 3.8) is 0 Å². The molecule has 4 nitrogen and oxygen atoms in total. The van der Waals surface area contributed by atoms with Gasteiger partial charge in [-0.2, -0.15) is 4.98 Å². The molecular formula is C15H18FN3OS. The van der Waals surface area contributed by atoms with E-state index in [4.69, 9.17) is 10.3 Å². The van der Waals surface area contributed by atoms with Crippen molar-refractivity contribution in [2.45, 2.75) is 48.3 Å². The summed E-state index contributed by atoms with van der Waals surface area (Å²) in [4.78, 5) is 4.96. The third-order valence-electron chi connectivity index (χ3n) is 3.81. The van der Waals surface area contributed by atoms with Crippen molar-refractivity contribution in [1.82, 2.24) is 10.1 Å². The minimum atomic E-state index is -0.224. The Kier molecular flexibility index (Phi) is 4.26. The van der Waals surface area contributed by atoms with Crippen molar-refractivity contribution in [1.29, 1.82) is 0 Å². The first-order valence-electron chi connectivity index (χ1n) is 7.12. The first-order chi connectivity index (χ1) is 10.1. The van der Waals surface area contributed by atoms with Gasteiger partial charge < -0.3 is 10.3 Å². The van der Waals surface area contributed by atoms with E-state index < -0.39 is 0 Å². The monoisotopic (exact) mass is 307 g/mol. The average Bonchev–Trinajstić information content (AvgIpc) is 3.08. The van der Waals surface area contributed by atoms with Gasteiger partial charge in [0.25, 0.3) is 0 Å². The number of hydrogen-bond donors (Lipinski definition) is 1. The highest BCUT2D eigenvalue weighted by molar-refractivity contribution is 7.98. The van der Waals surface area contributed by atoms with Gasteiger partial charge >= 0.3 is 0 Å². The standard InChI is InChI=1S/C15H18FN3OS/c16-11-5-1-2-6-12(11)21-10-13-18-14(20-19-13)9-15(17)7-3-4-8-15/h1-2,5-6H,3-4,7-10,17H2. The lowest BCUT2D eigenvalue weighted by atomic mass is 9.95. The second kappa shape index (κ2) is 6.15. The summed E-state index contributed by atoms with van der Waals surface area (Å²) in [5, 5.41) is 3.95. The molecule has 1 aliphatic rings.